The molecule has 26 heavy (non-hydrogen) atoms. The number of H-pyrrole nitrogens is 1. The second-order valence-electron chi connectivity index (χ2n) is 7.00. The number of aromatic amines is 1. The third kappa shape index (κ3) is 2.96. The molecule has 0 saturated heterocycles. The molecule has 1 aliphatic carbocycles. The van der Waals surface area contributed by atoms with Crippen LogP contribution in [0.5, 0.6) is 0 Å². The summed E-state index contributed by atoms with van der Waals surface area (Å²) >= 11 is 0. The molecule has 1 saturated carbocycles. The molecule has 0 bridgehead atoms. The van der Waals surface area contributed by atoms with Crippen molar-refractivity contribution in [1.29, 1.82) is 0 Å². The molecular weight excluding hydrogens is 328 g/mol. The van der Waals surface area contributed by atoms with Crippen molar-refractivity contribution in [3.63, 3.8) is 0 Å². The predicted octanol–water partition coefficient (Wildman–Crippen LogP) is 4.17. The molecule has 2 aromatic heterocycles. The largest absolute Gasteiger partial charge is 0.465 e. The van der Waals surface area contributed by atoms with Crippen LogP contribution >= 0.6 is 0 Å². The van der Waals surface area contributed by atoms with Crippen molar-refractivity contribution >= 4 is 17.4 Å². The number of hydrogen-bond donors (Lipinski definition) is 2. The number of fused-ring (bicyclic) bond motifs is 1. The maximum absolute atomic E-state index is 12.1. The molecule has 1 aliphatic rings. The molecule has 2 N–H and O–H groups in total. The summed E-state index contributed by atoms with van der Waals surface area (Å²) in [6.45, 7) is 2.07. The minimum absolute atomic E-state index is 0.388. The number of methoxy groups -OCH3 is 1. The van der Waals surface area contributed by atoms with E-state index >= 15 is 0 Å². The van der Waals surface area contributed by atoms with Gasteiger partial charge in [-0.3, -0.25) is 5.10 Å². The predicted molar refractivity (Wildman–Crippen MR) is 102 cm³/mol. The van der Waals surface area contributed by atoms with Crippen molar-refractivity contribution in [2.45, 2.75) is 45.1 Å². The Balaban J connectivity index is 1.83. The van der Waals surface area contributed by atoms with Crippen LogP contribution in [-0.4, -0.2) is 33.7 Å². The van der Waals surface area contributed by atoms with E-state index in [-0.39, 0.29) is 5.97 Å². The third-order valence-electron chi connectivity index (χ3n) is 5.10. The summed E-state index contributed by atoms with van der Waals surface area (Å²) in [7, 11) is 1.39. The molecule has 0 atom stereocenters. The SMILES string of the molecule is COC(=O)c1c[nH]n2c(NC3CCCCC3)c(-c3cccc(C)c3)nc12. The van der Waals surface area contributed by atoms with E-state index in [4.69, 9.17) is 9.72 Å². The average molecular weight is 352 g/mol. The van der Waals surface area contributed by atoms with Gasteiger partial charge >= 0.3 is 5.97 Å². The number of anilines is 1. The molecule has 0 unspecified atom stereocenters. The van der Waals surface area contributed by atoms with Crippen LogP contribution in [0, 0.1) is 6.92 Å². The van der Waals surface area contributed by atoms with Crippen molar-refractivity contribution in [2.24, 2.45) is 0 Å². The van der Waals surface area contributed by atoms with Gasteiger partial charge in [0.1, 0.15) is 11.3 Å². The Bertz CT molecular complexity index is 935. The van der Waals surface area contributed by atoms with Crippen LogP contribution in [0.2, 0.25) is 0 Å². The Morgan fingerprint density at radius 2 is 2.12 bits per heavy atom. The van der Waals surface area contributed by atoms with Crippen molar-refractivity contribution < 1.29 is 9.53 Å². The van der Waals surface area contributed by atoms with E-state index in [1.165, 1.54) is 31.9 Å². The normalized spacial score (nSPS) is 15.3. The smallest absolute Gasteiger partial charge is 0.343 e. The fourth-order valence-electron chi connectivity index (χ4n) is 3.75. The molecule has 0 spiro atoms. The first-order valence-corrected chi connectivity index (χ1v) is 9.19. The zero-order chi connectivity index (χ0) is 18.1. The van der Waals surface area contributed by atoms with Gasteiger partial charge in [0.15, 0.2) is 11.5 Å². The summed E-state index contributed by atoms with van der Waals surface area (Å²) in [6, 6.07) is 8.70. The van der Waals surface area contributed by atoms with E-state index in [0.29, 0.717) is 17.3 Å². The molecular formula is C20H24N4O2. The topological polar surface area (TPSA) is 71.4 Å². The number of carbonyl (C=O) groups is 1. The van der Waals surface area contributed by atoms with Gasteiger partial charge in [-0.1, -0.05) is 43.0 Å². The van der Waals surface area contributed by atoms with Gasteiger partial charge in [0.2, 0.25) is 0 Å². The maximum Gasteiger partial charge on any atom is 0.343 e. The summed E-state index contributed by atoms with van der Waals surface area (Å²) in [6.07, 6.45) is 7.77. The molecule has 6 heteroatoms. The minimum atomic E-state index is -0.388. The molecule has 0 amide bonds. The first kappa shape index (κ1) is 16.7. The Morgan fingerprint density at radius 1 is 1.31 bits per heavy atom. The van der Waals surface area contributed by atoms with Gasteiger partial charge in [0.25, 0.3) is 0 Å². The van der Waals surface area contributed by atoms with Crippen LogP contribution in [0.1, 0.15) is 48.0 Å². The molecule has 1 fully saturated rings. The molecule has 1 aromatic carbocycles. The van der Waals surface area contributed by atoms with E-state index in [1.54, 1.807) is 6.20 Å². The van der Waals surface area contributed by atoms with Crippen LogP contribution in [0.15, 0.2) is 30.5 Å². The zero-order valence-corrected chi connectivity index (χ0v) is 15.2. The molecule has 0 aliphatic heterocycles. The van der Waals surface area contributed by atoms with Gasteiger partial charge in [0, 0.05) is 17.8 Å². The number of nitrogens with zero attached hydrogens (tertiary/aromatic N) is 2. The van der Waals surface area contributed by atoms with E-state index < -0.39 is 0 Å². The number of imidazole rings is 1. The fraction of sp³-hybridized carbons (Fsp3) is 0.400. The van der Waals surface area contributed by atoms with Gasteiger partial charge < -0.3 is 10.1 Å². The summed E-state index contributed by atoms with van der Waals surface area (Å²) in [4.78, 5) is 16.9. The van der Waals surface area contributed by atoms with Gasteiger partial charge in [-0.05, 0) is 25.8 Å². The molecule has 136 valence electrons. The lowest BCUT2D eigenvalue weighted by Gasteiger charge is -2.23. The van der Waals surface area contributed by atoms with Crippen molar-refractivity contribution in [3.8, 4) is 11.3 Å². The zero-order valence-electron chi connectivity index (χ0n) is 15.2. The lowest BCUT2D eigenvalue weighted by atomic mass is 9.95. The number of ether oxygens (including phenoxy) is 1. The standard InChI is InChI=1S/C20H24N4O2/c1-13-7-6-8-14(11-13)17-19(22-15-9-4-3-5-10-15)24-18(23-17)16(12-21-24)20(25)26-2/h6-8,11-12,15,21-22H,3-5,9-10H2,1-2H3. The second-order valence-corrected chi connectivity index (χ2v) is 7.00. The lowest BCUT2D eigenvalue weighted by molar-refractivity contribution is 0.0602. The van der Waals surface area contributed by atoms with E-state index in [1.807, 2.05) is 10.6 Å². The Morgan fingerprint density at radius 3 is 2.85 bits per heavy atom. The van der Waals surface area contributed by atoms with Gasteiger partial charge in [-0.2, -0.15) is 0 Å². The highest BCUT2D eigenvalue weighted by Gasteiger charge is 2.24. The van der Waals surface area contributed by atoms with Crippen molar-refractivity contribution in [1.82, 2.24) is 14.6 Å². The third-order valence-corrected chi connectivity index (χ3v) is 5.10. The number of carbonyl (C=O) groups excluding carboxylic acids is 1. The van der Waals surface area contributed by atoms with E-state index in [0.717, 1.165) is 29.9 Å². The van der Waals surface area contributed by atoms with Crippen molar-refractivity contribution in [2.75, 3.05) is 12.4 Å². The number of aryl methyl sites for hydroxylation is 1. The molecule has 2 heterocycles. The van der Waals surface area contributed by atoms with Gasteiger partial charge in [0.05, 0.1) is 7.11 Å². The van der Waals surface area contributed by atoms with Crippen LogP contribution in [-0.2, 0) is 4.74 Å². The summed E-state index contributed by atoms with van der Waals surface area (Å²) < 4.78 is 6.75. The van der Waals surface area contributed by atoms with Crippen LogP contribution in [0.25, 0.3) is 16.9 Å². The molecule has 3 aromatic rings. The Kier molecular flexibility index (Phi) is 4.41. The highest BCUT2D eigenvalue weighted by molar-refractivity contribution is 5.97. The number of nitrogens with one attached hydrogen (secondary N) is 2. The first-order valence-electron chi connectivity index (χ1n) is 9.19. The quantitative estimate of drug-likeness (QED) is 0.691. The van der Waals surface area contributed by atoms with Crippen molar-refractivity contribution in [3.05, 3.63) is 41.6 Å². The Hall–Kier alpha value is -2.76. The van der Waals surface area contributed by atoms with E-state index in [2.05, 4.69) is 35.5 Å². The number of benzene rings is 1. The molecule has 0 radical (unpaired) electrons. The first-order chi connectivity index (χ1) is 12.7. The number of rotatable bonds is 4. The highest BCUT2D eigenvalue weighted by Crippen LogP contribution is 2.32. The maximum atomic E-state index is 12.1. The monoisotopic (exact) mass is 352 g/mol. The molecule has 4 rings (SSSR count). The number of hydrogen-bond acceptors (Lipinski definition) is 4. The minimum Gasteiger partial charge on any atom is -0.465 e. The summed E-state index contributed by atoms with van der Waals surface area (Å²) in [5.41, 5.74) is 4.10. The van der Waals surface area contributed by atoms with Crippen LogP contribution in [0.3, 0.4) is 0 Å². The highest BCUT2D eigenvalue weighted by atomic mass is 16.5. The summed E-state index contributed by atoms with van der Waals surface area (Å²) in [5, 5.41) is 6.83. The number of esters is 1. The van der Waals surface area contributed by atoms with Crippen LogP contribution < -0.4 is 5.32 Å². The number of aromatic nitrogens is 3. The lowest BCUT2D eigenvalue weighted by Crippen LogP contribution is -2.23. The Labute approximate surface area is 152 Å². The van der Waals surface area contributed by atoms with E-state index in [9.17, 15) is 4.79 Å². The average Bonchev–Trinajstić information content (AvgIpc) is 3.22. The summed E-state index contributed by atoms with van der Waals surface area (Å²) in [5.74, 6) is 0.522. The van der Waals surface area contributed by atoms with Crippen LogP contribution in [0.4, 0.5) is 5.82 Å². The molecule has 6 nitrogen and oxygen atoms in total. The fourth-order valence-corrected chi connectivity index (χ4v) is 3.75. The van der Waals surface area contributed by atoms with Gasteiger partial charge in [-0.25, -0.2) is 14.3 Å². The van der Waals surface area contributed by atoms with Gasteiger partial charge in [-0.15, -0.1) is 0 Å². The second kappa shape index (κ2) is 6.86.